The van der Waals surface area contributed by atoms with Gasteiger partial charge in [0.15, 0.2) is 5.82 Å². The van der Waals surface area contributed by atoms with Gasteiger partial charge in [0.2, 0.25) is 17.7 Å². The third-order valence-electron chi connectivity index (χ3n) is 6.03. The van der Waals surface area contributed by atoms with E-state index in [0.717, 1.165) is 25.7 Å². The minimum Gasteiger partial charge on any atom is -0.355 e. The lowest BCUT2D eigenvalue weighted by Gasteiger charge is -2.31. The van der Waals surface area contributed by atoms with E-state index in [0.29, 0.717) is 31.3 Å². The van der Waals surface area contributed by atoms with Gasteiger partial charge in [-0.3, -0.25) is 19.5 Å². The molecule has 27 heavy (non-hydrogen) atoms. The molecule has 0 bridgehead atoms. The first-order valence-corrected chi connectivity index (χ1v) is 9.73. The van der Waals surface area contributed by atoms with Gasteiger partial charge in [-0.2, -0.15) is 5.10 Å². The van der Waals surface area contributed by atoms with Crippen LogP contribution in [0.1, 0.15) is 37.3 Å². The summed E-state index contributed by atoms with van der Waals surface area (Å²) in [5.74, 6) is 1.64. The van der Waals surface area contributed by atoms with Crippen LogP contribution in [0.2, 0.25) is 0 Å². The summed E-state index contributed by atoms with van der Waals surface area (Å²) >= 11 is 0. The average molecular weight is 374 g/mol. The first-order valence-electron chi connectivity index (χ1n) is 9.73. The Morgan fingerprint density at radius 2 is 2.00 bits per heavy atom. The molecule has 146 valence electrons. The lowest BCUT2D eigenvalue weighted by atomic mass is 9.85. The summed E-state index contributed by atoms with van der Waals surface area (Å²) in [5, 5.41) is 12.6. The Morgan fingerprint density at radius 3 is 2.67 bits per heavy atom. The zero-order chi connectivity index (χ0) is 19.0. The number of nitrogens with one attached hydrogen (secondary N) is 3. The van der Waals surface area contributed by atoms with Crippen LogP contribution < -0.4 is 10.6 Å². The van der Waals surface area contributed by atoms with Crippen LogP contribution in [0, 0.1) is 24.7 Å². The summed E-state index contributed by atoms with van der Waals surface area (Å²) < 4.78 is 0. The van der Waals surface area contributed by atoms with Crippen molar-refractivity contribution in [3.8, 4) is 0 Å². The standard InChI is InChI=1S/C18H26N6O3/c1-10-20-15(23-22-10)6-16(25)21-13-4-2-11(3-5-13)18(27)24-8-12-7-19-17(26)14(12)9-24/h11-14H,2-9H2,1H3,(H,19,26)(H,21,25)(H,20,22,23)/t11?,12-,13?,14+/m0/s1. The summed E-state index contributed by atoms with van der Waals surface area (Å²) in [7, 11) is 0. The number of aromatic amines is 1. The number of hydrogen-bond acceptors (Lipinski definition) is 5. The predicted octanol–water partition coefficient (Wildman–Crippen LogP) is -0.465. The van der Waals surface area contributed by atoms with Crippen molar-refractivity contribution in [1.82, 2.24) is 30.7 Å². The molecule has 9 heteroatoms. The number of hydrogen-bond donors (Lipinski definition) is 3. The molecular formula is C18H26N6O3. The van der Waals surface area contributed by atoms with Crippen molar-refractivity contribution in [2.75, 3.05) is 19.6 Å². The van der Waals surface area contributed by atoms with Gasteiger partial charge < -0.3 is 15.5 Å². The van der Waals surface area contributed by atoms with Gasteiger partial charge in [0, 0.05) is 37.5 Å². The van der Waals surface area contributed by atoms with E-state index in [4.69, 9.17) is 0 Å². The van der Waals surface area contributed by atoms with Crippen LogP contribution in [0.25, 0.3) is 0 Å². The maximum absolute atomic E-state index is 12.8. The number of H-pyrrole nitrogens is 1. The maximum Gasteiger partial charge on any atom is 0.227 e. The van der Waals surface area contributed by atoms with Crippen molar-refractivity contribution >= 4 is 17.7 Å². The monoisotopic (exact) mass is 374 g/mol. The second kappa shape index (κ2) is 7.28. The number of amides is 3. The number of aryl methyl sites for hydroxylation is 1. The highest BCUT2D eigenvalue weighted by molar-refractivity contribution is 5.85. The lowest BCUT2D eigenvalue weighted by molar-refractivity contribution is -0.136. The van der Waals surface area contributed by atoms with Crippen molar-refractivity contribution in [3.05, 3.63) is 11.6 Å². The molecule has 0 spiro atoms. The van der Waals surface area contributed by atoms with Gasteiger partial charge in [0.1, 0.15) is 5.82 Å². The van der Waals surface area contributed by atoms with Gasteiger partial charge in [-0.25, -0.2) is 4.98 Å². The summed E-state index contributed by atoms with van der Waals surface area (Å²) in [6.45, 7) is 3.74. The van der Waals surface area contributed by atoms with Crippen LogP contribution in [0.4, 0.5) is 0 Å². The van der Waals surface area contributed by atoms with Gasteiger partial charge in [0.25, 0.3) is 0 Å². The molecule has 1 aromatic rings. The Bertz CT molecular complexity index is 739. The Hall–Kier alpha value is -2.45. The minimum absolute atomic E-state index is 0.00990. The third kappa shape index (κ3) is 3.81. The fraction of sp³-hybridized carbons (Fsp3) is 0.722. The van der Waals surface area contributed by atoms with Gasteiger partial charge >= 0.3 is 0 Å². The Labute approximate surface area is 157 Å². The predicted molar refractivity (Wildman–Crippen MR) is 95.3 cm³/mol. The van der Waals surface area contributed by atoms with Crippen molar-refractivity contribution in [2.24, 2.45) is 17.8 Å². The van der Waals surface area contributed by atoms with Crippen molar-refractivity contribution < 1.29 is 14.4 Å². The first kappa shape index (κ1) is 17.9. The van der Waals surface area contributed by atoms with E-state index >= 15 is 0 Å². The molecule has 1 saturated carbocycles. The van der Waals surface area contributed by atoms with Crippen molar-refractivity contribution in [1.29, 1.82) is 0 Å². The second-order valence-corrected chi connectivity index (χ2v) is 7.98. The summed E-state index contributed by atoms with van der Waals surface area (Å²) in [5.41, 5.74) is 0. The van der Waals surface area contributed by atoms with Crippen LogP contribution in [-0.2, 0) is 20.8 Å². The number of aromatic nitrogens is 3. The molecule has 3 aliphatic rings. The van der Waals surface area contributed by atoms with E-state index in [1.165, 1.54) is 0 Å². The molecule has 2 aliphatic heterocycles. The summed E-state index contributed by atoms with van der Waals surface area (Å²) in [6, 6.07) is 0.102. The number of fused-ring (bicyclic) bond motifs is 1. The SMILES string of the molecule is Cc1nc(CC(=O)NC2CCC(C(=O)N3C[C@@H]4CNC(=O)[C@@H]4C3)CC2)n[nH]1. The van der Waals surface area contributed by atoms with Crippen LogP contribution >= 0.6 is 0 Å². The third-order valence-corrected chi connectivity index (χ3v) is 6.03. The molecular weight excluding hydrogens is 348 g/mol. The summed E-state index contributed by atoms with van der Waals surface area (Å²) in [6.07, 6.45) is 3.33. The number of likely N-dealkylation sites (tertiary alicyclic amines) is 1. The molecule has 9 nitrogen and oxygen atoms in total. The first-order chi connectivity index (χ1) is 13.0. The number of carbonyl (C=O) groups excluding carboxylic acids is 3. The van der Waals surface area contributed by atoms with Crippen LogP contribution in [-0.4, -0.2) is 63.5 Å². The second-order valence-electron chi connectivity index (χ2n) is 7.98. The summed E-state index contributed by atoms with van der Waals surface area (Å²) in [4.78, 5) is 42.7. The fourth-order valence-corrected chi connectivity index (χ4v) is 4.55. The maximum atomic E-state index is 12.8. The highest BCUT2D eigenvalue weighted by Crippen LogP contribution is 2.32. The van der Waals surface area contributed by atoms with Crippen molar-refractivity contribution in [2.45, 2.75) is 45.1 Å². The minimum atomic E-state index is -0.0813. The number of nitrogens with zero attached hydrogens (tertiary/aromatic N) is 3. The highest BCUT2D eigenvalue weighted by Gasteiger charge is 2.44. The smallest absolute Gasteiger partial charge is 0.227 e. The molecule has 3 fully saturated rings. The molecule has 3 amide bonds. The van der Waals surface area contributed by atoms with Gasteiger partial charge in [-0.1, -0.05) is 0 Å². The zero-order valence-electron chi connectivity index (χ0n) is 15.5. The van der Waals surface area contributed by atoms with E-state index in [9.17, 15) is 14.4 Å². The molecule has 0 unspecified atom stereocenters. The Morgan fingerprint density at radius 1 is 1.22 bits per heavy atom. The number of carbonyl (C=O) groups is 3. The van der Waals surface area contributed by atoms with Crippen LogP contribution in [0.3, 0.4) is 0 Å². The quantitative estimate of drug-likeness (QED) is 0.658. The van der Waals surface area contributed by atoms with E-state index < -0.39 is 0 Å². The van der Waals surface area contributed by atoms with Gasteiger partial charge in [-0.05, 0) is 32.6 Å². The normalized spacial score (nSPS) is 30.1. The molecule has 0 aromatic carbocycles. The van der Waals surface area contributed by atoms with Crippen LogP contribution in [0.15, 0.2) is 0 Å². The highest BCUT2D eigenvalue weighted by atomic mass is 16.2. The zero-order valence-corrected chi connectivity index (χ0v) is 15.5. The van der Waals surface area contributed by atoms with Crippen LogP contribution in [0.5, 0.6) is 0 Å². The molecule has 2 atom stereocenters. The number of rotatable bonds is 4. The fourth-order valence-electron chi connectivity index (χ4n) is 4.55. The van der Waals surface area contributed by atoms with E-state index in [1.807, 2.05) is 4.90 Å². The van der Waals surface area contributed by atoms with E-state index in [-0.39, 0.29) is 47.9 Å². The van der Waals surface area contributed by atoms with Crippen molar-refractivity contribution in [3.63, 3.8) is 0 Å². The molecule has 3 N–H and O–H groups in total. The Balaban J connectivity index is 1.22. The van der Waals surface area contributed by atoms with E-state index in [1.54, 1.807) is 6.92 Å². The molecule has 3 heterocycles. The lowest BCUT2D eigenvalue weighted by Crippen LogP contribution is -2.43. The molecule has 4 rings (SSSR count). The molecule has 2 saturated heterocycles. The topological polar surface area (TPSA) is 120 Å². The molecule has 0 radical (unpaired) electrons. The average Bonchev–Trinajstić information content (AvgIpc) is 3.33. The molecule has 1 aliphatic carbocycles. The van der Waals surface area contributed by atoms with Gasteiger partial charge in [0.05, 0.1) is 12.3 Å². The molecule has 1 aromatic heterocycles. The van der Waals surface area contributed by atoms with Gasteiger partial charge in [-0.15, -0.1) is 0 Å². The largest absolute Gasteiger partial charge is 0.355 e. The Kier molecular flexibility index (Phi) is 4.84. The van der Waals surface area contributed by atoms with E-state index in [2.05, 4.69) is 25.8 Å².